The zero-order chi connectivity index (χ0) is 13.0. The molecule has 0 unspecified atom stereocenters. The van der Waals surface area contributed by atoms with Crippen LogP contribution in [0.5, 0.6) is 0 Å². The molecule has 1 N–H and O–H groups in total. The Kier molecular flexibility index (Phi) is 3.89. The highest BCUT2D eigenvalue weighted by Crippen LogP contribution is 2.21. The molecule has 5 heteroatoms. The molecule has 0 aliphatic carbocycles. The first kappa shape index (κ1) is 12.5. The molecule has 1 heterocycles. The van der Waals surface area contributed by atoms with Gasteiger partial charge in [-0.3, -0.25) is 4.79 Å². The highest BCUT2D eigenvalue weighted by molar-refractivity contribution is 6.29. The number of carbonyl (C=O) groups is 1. The zero-order valence-electron chi connectivity index (χ0n) is 9.85. The Balaban J connectivity index is 2.26. The molecule has 0 atom stereocenters. The summed E-state index contributed by atoms with van der Waals surface area (Å²) in [6.07, 6.45) is 0.449. The number of halogens is 1. The number of benzene rings is 1. The monoisotopic (exact) mass is 261 g/mol. The Morgan fingerprint density at radius 1 is 1.28 bits per heavy atom. The molecule has 2 rings (SSSR count). The normalized spacial score (nSPS) is 10.1. The predicted octanol–water partition coefficient (Wildman–Crippen LogP) is 3.15. The Labute approximate surface area is 110 Å². The number of nitrogens with one attached hydrogen (secondary N) is 1. The first-order valence-corrected chi connectivity index (χ1v) is 5.96. The van der Waals surface area contributed by atoms with Crippen molar-refractivity contribution in [2.75, 3.05) is 5.32 Å². The molecule has 2 aromatic rings. The van der Waals surface area contributed by atoms with Crippen molar-refractivity contribution in [2.24, 2.45) is 0 Å². The Hall–Kier alpha value is -1.94. The molecule has 92 valence electrons. The topological polar surface area (TPSA) is 54.9 Å². The molecule has 0 spiro atoms. The van der Waals surface area contributed by atoms with E-state index >= 15 is 0 Å². The van der Waals surface area contributed by atoms with E-state index in [0.29, 0.717) is 17.3 Å². The van der Waals surface area contributed by atoms with Crippen molar-refractivity contribution in [2.45, 2.75) is 13.3 Å². The summed E-state index contributed by atoms with van der Waals surface area (Å²) in [5.74, 6) is -0.0191. The molecular weight excluding hydrogens is 250 g/mol. The van der Waals surface area contributed by atoms with Crippen LogP contribution in [0.15, 0.2) is 36.4 Å². The van der Waals surface area contributed by atoms with Crippen LogP contribution in [-0.2, 0) is 4.79 Å². The van der Waals surface area contributed by atoms with Crippen molar-refractivity contribution < 1.29 is 4.79 Å². The third-order valence-corrected chi connectivity index (χ3v) is 2.60. The molecule has 0 saturated carbocycles. The maximum atomic E-state index is 11.3. The third-order valence-electron chi connectivity index (χ3n) is 2.40. The minimum absolute atomic E-state index is 0.0191. The van der Waals surface area contributed by atoms with E-state index < -0.39 is 0 Å². The number of hydrogen-bond donors (Lipinski definition) is 1. The molecule has 0 radical (unpaired) electrons. The molecule has 18 heavy (non-hydrogen) atoms. The first-order chi connectivity index (χ1) is 8.69. The maximum Gasteiger partial charge on any atom is 0.224 e. The van der Waals surface area contributed by atoms with Gasteiger partial charge < -0.3 is 5.32 Å². The van der Waals surface area contributed by atoms with Crippen LogP contribution in [0.3, 0.4) is 0 Å². The van der Waals surface area contributed by atoms with Crippen LogP contribution in [0.4, 0.5) is 5.69 Å². The number of carbonyl (C=O) groups excluding carboxylic acids is 1. The van der Waals surface area contributed by atoms with Crippen LogP contribution in [0.25, 0.3) is 11.3 Å². The molecule has 1 amide bonds. The van der Waals surface area contributed by atoms with Crippen molar-refractivity contribution in [1.29, 1.82) is 0 Å². The third kappa shape index (κ3) is 3.05. The summed E-state index contributed by atoms with van der Waals surface area (Å²) in [7, 11) is 0. The lowest BCUT2D eigenvalue weighted by atomic mass is 10.1. The lowest BCUT2D eigenvalue weighted by Gasteiger charge is -2.05. The number of nitrogens with zero attached hydrogens (tertiary/aromatic N) is 2. The van der Waals surface area contributed by atoms with Crippen LogP contribution in [0.2, 0.25) is 5.15 Å². The van der Waals surface area contributed by atoms with E-state index in [2.05, 4.69) is 15.5 Å². The Morgan fingerprint density at radius 2 is 2.11 bits per heavy atom. The summed E-state index contributed by atoms with van der Waals surface area (Å²) >= 11 is 5.69. The molecule has 0 bridgehead atoms. The van der Waals surface area contributed by atoms with Gasteiger partial charge in [-0.2, -0.15) is 0 Å². The van der Waals surface area contributed by atoms with Gasteiger partial charge in [0.05, 0.1) is 5.69 Å². The molecular formula is C13H12ClN3O. The summed E-state index contributed by atoms with van der Waals surface area (Å²) in [6.45, 7) is 1.81. The van der Waals surface area contributed by atoms with Crippen LogP contribution in [0.1, 0.15) is 13.3 Å². The lowest BCUT2D eigenvalue weighted by molar-refractivity contribution is -0.115. The molecule has 0 saturated heterocycles. The summed E-state index contributed by atoms with van der Waals surface area (Å²) in [4.78, 5) is 11.3. The van der Waals surface area contributed by atoms with Gasteiger partial charge in [-0.25, -0.2) is 0 Å². The lowest BCUT2D eigenvalue weighted by Crippen LogP contribution is -2.09. The van der Waals surface area contributed by atoms with Gasteiger partial charge in [-0.15, -0.1) is 10.2 Å². The summed E-state index contributed by atoms with van der Waals surface area (Å²) < 4.78 is 0. The Bertz CT molecular complexity index is 554. The van der Waals surface area contributed by atoms with Crippen molar-refractivity contribution in [3.63, 3.8) is 0 Å². The standard InChI is InChI=1S/C13H12ClN3O/c1-2-13(18)15-10-5-3-4-9(8-10)11-6-7-12(14)17-16-11/h3-8H,2H2,1H3,(H,15,18). The quantitative estimate of drug-likeness (QED) is 0.923. The molecule has 0 aliphatic rings. The second-order valence-electron chi connectivity index (χ2n) is 3.72. The zero-order valence-corrected chi connectivity index (χ0v) is 10.6. The summed E-state index contributed by atoms with van der Waals surface area (Å²) in [6, 6.07) is 10.9. The number of amides is 1. The van der Waals surface area contributed by atoms with Gasteiger partial charge in [0.1, 0.15) is 0 Å². The number of anilines is 1. The average molecular weight is 262 g/mol. The average Bonchev–Trinajstić information content (AvgIpc) is 2.40. The van der Waals surface area contributed by atoms with Crippen LogP contribution < -0.4 is 5.32 Å². The van der Waals surface area contributed by atoms with Crippen molar-refractivity contribution in [1.82, 2.24) is 10.2 Å². The van der Waals surface area contributed by atoms with E-state index in [9.17, 15) is 4.79 Å². The fraction of sp³-hybridized carbons (Fsp3) is 0.154. The van der Waals surface area contributed by atoms with Gasteiger partial charge in [-0.05, 0) is 24.3 Å². The van der Waals surface area contributed by atoms with E-state index in [4.69, 9.17) is 11.6 Å². The smallest absolute Gasteiger partial charge is 0.224 e. The minimum Gasteiger partial charge on any atom is -0.326 e. The maximum absolute atomic E-state index is 11.3. The number of aromatic nitrogens is 2. The van der Waals surface area contributed by atoms with Gasteiger partial charge >= 0.3 is 0 Å². The highest BCUT2D eigenvalue weighted by atomic mass is 35.5. The molecule has 1 aromatic carbocycles. The van der Waals surface area contributed by atoms with E-state index in [0.717, 1.165) is 11.3 Å². The fourth-order valence-electron chi connectivity index (χ4n) is 1.48. The second-order valence-corrected chi connectivity index (χ2v) is 4.11. The van der Waals surface area contributed by atoms with E-state index in [-0.39, 0.29) is 5.91 Å². The second kappa shape index (κ2) is 5.60. The molecule has 4 nitrogen and oxygen atoms in total. The van der Waals surface area contributed by atoms with Crippen molar-refractivity contribution in [3.8, 4) is 11.3 Å². The molecule has 1 aromatic heterocycles. The molecule has 0 aliphatic heterocycles. The summed E-state index contributed by atoms with van der Waals surface area (Å²) in [5, 5.41) is 10.9. The van der Waals surface area contributed by atoms with Gasteiger partial charge in [-0.1, -0.05) is 30.7 Å². The van der Waals surface area contributed by atoms with E-state index in [1.807, 2.05) is 31.2 Å². The van der Waals surface area contributed by atoms with Crippen molar-refractivity contribution in [3.05, 3.63) is 41.6 Å². The highest BCUT2D eigenvalue weighted by Gasteiger charge is 2.03. The predicted molar refractivity (Wildman–Crippen MR) is 71.4 cm³/mol. The SMILES string of the molecule is CCC(=O)Nc1cccc(-c2ccc(Cl)nn2)c1. The number of rotatable bonds is 3. The Morgan fingerprint density at radius 3 is 2.78 bits per heavy atom. The van der Waals surface area contributed by atoms with Crippen LogP contribution in [0, 0.1) is 0 Å². The first-order valence-electron chi connectivity index (χ1n) is 5.58. The van der Waals surface area contributed by atoms with Gasteiger partial charge in [0.25, 0.3) is 0 Å². The van der Waals surface area contributed by atoms with E-state index in [1.165, 1.54) is 0 Å². The fourth-order valence-corrected chi connectivity index (χ4v) is 1.58. The van der Waals surface area contributed by atoms with Gasteiger partial charge in [0, 0.05) is 17.7 Å². The van der Waals surface area contributed by atoms with E-state index in [1.54, 1.807) is 12.1 Å². The number of hydrogen-bond acceptors (Lipinski definition) is 3. The summed E-state index contributed by atoms with van der Waals surface area (Å²) in [5.41, 5.74) is 2.34. The largest absolute Gasteiger partial charge is 0.326 e. The van der Waals surface area contributed by atoms with Crippen LogP contribution >= 0.6 is 11.6 Å². The minimum atomic E-state index is -0.0191. The van der Waals surface area contributed by atoms with Crippen LogP contribution in [-0.4, -0.2) is 16.1 Å². The van der Waals surface area contributed by atoms with Gasteiger partial charge in [0.15, 0.2) is 5.15 Å². The van der Waals surface area contributed by atoms with Gasteiger partial charge in [0.2, 0.25) is 5.91 Å². The van der Waals surface area contributed by atoms with Crippen molar-refractivity contribution >= 4 is 23.2 Å². The molecule has 0 fully saturated rings.